The molecule has 0 saturated carbocycles. The smallest absolute Gasteiger partial charge is 0.224 e. The number of carbonyl (C=O) groups is 1. The van der Waals surface area contributed by atoms with Crippen LogP contribution < -0.4 is 5.73 Å². The van der Waals surface area contributed by atoms with Crippen LogP contribution in [0.1, 0.15) is 46.0 Å². The van der Waals surface area contributed by atoms with Crippen molar-refractivity contribution in [3.05, 3.63) is 0 Å². The van der Waals surface area contributed by atoms with Crippen LogP contribution in [-0.4, -0.2) is 29.9 Å². The lowest BCUT2D eigenvalue weighted by Gasteiger charge is -2.22. The van der Waals surface area contributed by atoms with Gasteiger partial charge in [-0.2, -0.15) is 0 Å². The van der Waals surface area contributed by atoms with E-state index >= 15 is 0 Å². The SMILES string of the molecule is CCC(N)CC(=O)N1CCCC(C)CC1. The number of amides is 1. The Morgan fingerprint density at radius 1 is 1.47 bits per heavy atom. The first-order valence-electron chi connectivity index (χ1n) is 6.16. The molecule has 88 valence electrons. The standard InChI is InChI=1S/C12H24N2O/c1-3-11(13)9-12(15)14-7-4-5-10(2)6-8-14/h10-11H,3-9,13H2,1-2H3. The van der Waals surface area contributed by atoms with Crippen LogP contribution in [0.5, 0.6) is 0 Å². The van der Waals surface area contributed by atoms with Crippen molar-refractivity contribution in [3.63, 3.8) is 0 Å². The molecule has 0 bridgehead atoms. The molecule has 1 aliphatic heterocycles. The number of likely N-dealkylation sites (tertiary alicyclic amines) is 1. The average molecular weight is 212 g/mol. The third kappa shape index (κ3) is 4.20. The lowest BCUT2D eigenvalue weighted by molar-refractivity contribution is -0.131. The molecule has 15 heavy (non-hydrogen) atoms. The van der Waals surface area contributed by atoms with E-state index in [-0.39, 0.29) is 11.9 Å². The van der Waals surface area contributed by atoms with Gasteiger partial charge in [-0.05, 0) is 31.6 Å². The van der Waals surface area contributed by atoms with Gasteiger partial charge < -0.3 is 10.6 Å². The molecule has 0 radical (unpaired) electrons. The molecule has 1 aliphatic rings. The topological polar surface area (TPSA) is 46.3 Å². The van der Waals surface area contributed by atoms with Crippen molar-refractivity contribution in [1.82, 2.24) is 4.90 Å². The third-order valence-corrected chi connectivity index (χ3v) is 3.33. The Morgan fingerprint density at radius 3 is 2.87 bits per heavy atom. The van der Waals surface area contributed by atoms with Crippen molar-refractivity contribution < 1.29 is 4.79 Å². The van der Waals surface area contributed by atoms with Crippen molar-refractivity contribution in [3.8, 4) is 0 Å². The molecule has 1 rings (SSSR count). The van der Waals surface area contributed by atoms with Gasteiger partial charge in [0.25, 0.3) is 0 Å². The van der Waals surface area contributed by atoms with Crippen LogP contribution in [0.3, 0.4) is 0 Å². The van der Waals surface area contributed by atoms with Gasteiger partial charge in [0.1, 0.15) is 0 Å². The van der Waals surface area contributed by atoms with Gasteiger partial charge in [0.15, 0.2) is 0 Å². The molecule has 1 amide bonds. The highest BCUT2D eigenvalue weighted by Crippen LogP contribution is 2.17. The van der Waals surface area contributed by atoms with E-state index in [4.69, 9.17) is 5.73 Å². The first kappa shape index (κ1) is 12.5. The fourth-order valence-electron chi connectivity index (χ4n) is 2.01. The Balaban J connectivity index is 2.38. The van der Waals surface area contributed by atoms with E-state index in [1.165, 1.54) is 6.42 Å². The first-order chi connectivity index (χ1) is 7.13. The van der Waals surface area contributed by atoms with Gasteiger partial charge in [0.2, 0.25) is 5.91 Å². The summed E-state index contributed by atoms with van der Waals surface area (Å²) in [6.45, 7) is 6.16. The molecular weight excluding hydrogens is 188 g/mol. The molecule has 3 heteroatoms. The van der Waals surface area contributed by atoms with Gasteiger partial charge in [-0.15, -0.1) is 0 Å². The molecule has 0 spiro atoms. The number of nitrogens with zero attached hydrogens (tertiary/aromatic N) is 1. The van der Waals surface area contributed by atoms with Crippen LogP contribution >= 0.6 is 0 Å². The summed E-state index contributed by atoms with van der Waals surface area (Å²) in [6.07, 6.45) is 4.95. The van der Waals surface area contributed by atoms with E-state index in [1.54, 1.807) is 0 Å². The maximum Gasteiger partial charge on any atom is 0.224 e. The van der Waals surface area contributed by atoms with Crippen molar-refractivity contribution in [2.75, 3.05) is 13.1 Å². The highest BCUT2D eigenvalue weighted by atomic mass is 16.2. The molecule has 2 unspecified atom stereocenters. The summed E-state index contributed by atoms with van der Waals surface area (Å²) in [5.41, 5.74) is 5.80. The normalized spacial score (nSPS) is 24.7. The van der Waals surface area contributed by atoms with E-state index in [0.29, 0.717) is 6.42 Å². The van der Waals surface area contributed by atoms with Gasteiger partial charge in [-0.25, -0.2) is 0 Å². The first-order valence-corrected chi connectivity index (χ1v) is 6.16. The number of carbonyl (C=O) groups excluding carboxylic acids is 1. The van der Waals surface area contributed by atoms with Crippen molar-refractivity contribution in [2.45, 2.75) is 52.0 Å². The zero-order chi connectivity index (χ0) is 11.3. The van der Waals surface area contributed by atoms with Crippen LogP contribution in [0.2, 0.25) is 0 Å². The monoisotopic (exact) mass is 212 g/mol. The maximum absolute atomic E-state index is 11.9. The summed E-state index contributed by atoms with van der Waals surface area (Å²) >= 11 is 0. The Kier molecular flexibility index (Phi) is 5.09. The zero-order valence-corrected chi connectivity index (χ0v) is 10.0. The molecule has 0 aromatic carbocycles. The van der Waals surface area contributed by atoms with Crippen molar-refractivity contribution >= 4 is 5.91 Å². The van der Waals surface area contributed by atoms with Crippen LogP contribution in [0.15, 0.2) is 0 Å². The van der Waals surface area contributed by atoms with E-state index in [1.807, 2.05) is 11.8 Å². The lowest BCUT2D eigenvalue weighted by Crippen LogP contribution is -2.36. The fraction of sp³-hybridized carbons (Fsp3) is 0.917. The van der Waals surface area contributed by atoms with E-state index in [2.05, 4.69) is 6.92 Å². The summed E-state index contributed by atoms with van der Waals surface area (Å²) < 4.78 is 0. The van der Waals surface area contributed by atoms with Crippen LogP contribution in [-0.2, 0) is 4.79 Å². The van der Waals surface area contributed by atoms with E-state index in [9.17, 15) is 4.79 Å². The third-order valence-electron chi connectivity index (χ3n) is 3.33. The molecule has 0 aromatic heterocycles. The summed E-state index contributed by atoms with van der Waals surface area (Å²) in [4.78, 5) is 13.9. The molecule has 2 N–H and O–H groups in total. The molecular formula is C12H24N2O. The minimum Gasteiger partial charge on any atom is -0.343 e. The van der Waals surface area contributed by atoms with Gasteiger partial charge in [0.05, 0.1) is 0 Å². The predicted octanol–water partition coefficient (Wildman–Crippen LogP) is 1.76. The maximum atomic E-state index is 11.9. The Labute approximate surface area is 93.0 Å². The van der Waals surface area contributed by atoms with Gasteiger partial charge >= 0.3 is 0 Å². The molecule has 3 nitrogen and oxygen atoms in total. The molecule has 0 aromatic rings. The van der Waals surface area contributed by atoms with Gasteiger partial charge in [0, 0.05) is 25.6 Å². The minimum absolute atomic E-state index is 0.0400. The van der Waals surface area contributed by atoms with Crippen LogP contribution in [0, 0.1) is 5.92 Å². The average Bonchev–Trinajstić information content (AvgIpc) is 2.42. The summed E-state index contributed by atoms with van der Waals surface area (Å²) in [5, 5.41) is 0. The highest BCUT2D eigenvalue weighted by molar-refractivity contribution is 5.76. The Morgan fingerprint density at radius 2 is 2.20 bits per heavy atom. The fourth-order valence-corrected chi connectivity index (χ4v) is 2.01. The largest absolute Gasteiger partial charge is 0.343 e. The summed E-state index contributed by atoms with van der Waals surface area (Å²) in [6, 6.07) is 0.0400. The highest BCUT2D eigenvalue weighted by Gasteiger charge is 2.19. The molecule has 1 fully saturated rings. The van der Waals surface area contributed by atoms with Gasteiger partial charge in [-0.1, -0.05) is 13.8 Å². The minimum atomic E-state index is 0.0400. The molecule has 1 heterocycles. The van der Waals surface area contributed by atoms with Gasteiger partial charge in [-0.3, -0.25) is 4.79 Å². The van der Waals surface area contributed by atoms with Crippen molar-refractivity contribution in [2.24, 2.45) is 11.7 Å². The number of hydrogen-bond acceptors (Lipinski definition) is 2. The predicted molar refractivity (Wildman–Crippen MR) is 62.5 cm³/mol. The zero-order valence-electron chi connectivity index (χ0n) is 10.0. The van der Waals surface area contributed by atoms with Crippen LogP contribution in [0.25, 0.3) is 0 Å². The molecule has 0 aliphatic carbocycles. The lowest BCUT2D eigenvalue weighted by atomic mass is 10.0. The second kappa shape index (κ2) is 6.11. The Bertz CT molecular complexity index is 206. The number of nitrogens with two attached hydrogens (primary N) is 1. The number of hydrogen-bond donors (Lipinski definition) is 1. The summed E-state index contributed by atoms with van der Waals surface area (Å²) in [5.74, 6) is 1.01. The quantitative estimate of drug-likeness (QED) is 0.775. The second-order valence-corrected chi connectivity index (χ2v) is 4.79. The van der Waals surface area contributed by atoms with Crippen molar-refractivity contribution in [1.29, 1.82) is 0 Å². The van der Waals surface area contributed by atoms with E-state index in [0.717, 1.165) is 38.3 Å². The second-order valence-electron chi connectivity index (χ2n) is 4.79. The molecule has 1 saturated heterocycles. The Hall–Kier alpha value is -0.570. The summed E-state index contributed by atoms with van der Waals surface area (Å²) in [7, 11) is 0. The van der Waals surface area contributed by atoms with E-state index < -0.39 is 0 Å². The molecule has 2 atom stereocenters. The van der Waals surface area contributed by atoms with Crippen LogP contribution in [0.4, 0.5) is 0 Å². The number of rotatable bonds is 3.